The van der Waals surface area contributed by atoms with Crippen molar-refractivity contribution in [3.63, 3.8) is 0 Å². The van der Waals surface area contributed by atoms with Crippen LogP contribution in [0.15, 0.2) is 29.2 Å². The molecule has 0 bridgehead atoms. The lowest BCUT2D eigenvalue weighted by atomic mass is 10.3. The molecular formula is C11H17N3O2S2. The van der Waals surface area contributed by atoms with Crippen molar-refractivity contribution in [3.05, 3.63) is 24.3 Å². The smallest absolute Gasteiger partial charge is 0.242 e. The molecule has 18 heavy (non-hydrogen) atoms. The summed E-state index contributed by atoms with van der Waals surface area (Å²) >= 11 is 1.72. The molecule has 0 saturated heterocycles. The maximum absolute atomic E-state index is 12.2. The molecule has 0 spiro atoms. The van der Waals surface area contributed by atoms with Crippen molar-refractivity contribution in [1.29, 1.82) is 0 Å². The predicted octanol–water partition coefficient (Wildman–Crippen LogP) is 1.15. The van der Waals surface area contributed by atoms with Crippen LogP contribution in [0.25, 0.3) is 0 Å². The van der Waals surface area contributed by atoms with Gasteiger partial charge < -0.3 is 5.43 Å². The fourth-order valence-electron chi connectivity index (χ4n) is 1.72. The minimum absolute atomic E-state index is 0.0954. The van der Waals surface area contributed by atoms with Gasteiger partial charge >= 0.3 is 0 Å². The zero-order valence-electron chi connectivity index (χ0n) is 10.1. The van der Waals surface area contributed by atoms with Gasteiger partial charge in [0.1, 0.15) is 4.90 Å². The van der Waals surface area contributed by atoms with Crippen LogP contribution in [0.3, 0.4) is 0 Å². The summed E-state index contributed by atoms with van der Waals surface area (Å²) in [5, 5.41) is 0. The third kappa shape index (κ3) is 2.80. The molecule has 2 rings (SSSR count). The van der Waals surface area contributed by atoms with Gasteiger partial charge in [-0.05, 0) is 31.2 Å². The molecule has 1 aliphatic carbocycles. The Balaban J connectivity index is 2.15. The van der Waals surface area contributed by atoms with Gasteiger partial charge in [0.05, 0.1) is 5.69 Å². The third-order valence-corrected chi connectivity index (χ3v) is 6.04. The third-order valence-electron chi connectivity index (χ3n) is 3.16. The Morgan fingerprint density at radius 2 is 2.06 bits per heavy atom. The minimum Gasteiger partial charge on any atom is -0.323 e. The summed E-state index contributed by atoms with van der Waals surface area (Å²) in [5.74, 6) is 5.32. The van der Waals surface area contributed by atoms with Gasteiger partial charge in [0, 0.05) is 11.3 Å². The number of anilines is 1. The number of rotatable bonds is 6. The summed E-state index contributed by atoms with van der Waals surface area (Å²) in [5.41, 5.74) is 2.81. The van der Waals surface area contributed by atoms with E-state index in [1.807, 2.05) is 6.26 Å². The molecule has 1 saturated carbocycles. The summed E-state index contributed by atoms with van der Waals surface area (Å²) < 4.78 is 27.1. The lowest BCUT2D eigenvalue weighted by molar-refractivity contribution is 0.580. The molecule has 1 aliphatic rings. The fraction of sp³-hybridized carbons (Fsp3) is 0.455. The zero-order valence-corrected chi connectivity index (χ0v) is 11.8. The van der Waals surface area contributed by atoms with Crippen LogP contribution in [0.1, 0.15) is 12.8 Å². The van der Waals surface area contributed by atoms with Gasteiger partial charge in [-0.1, -0.05) is 12.1 Å². The number of hydrazine groups is 1. The van der Waals surface area contributed by atoms with Gasteiger partial charge in [-0.2, -0.15) is 11.8 Å². The summed E-state index contributed by atoms with van der Waals surface area (Å²) in [6.07, 6.45) is 4.14. The normalized spacial score (nSPS) is 17.4. The first kappa shape index (κ1) is 13.7. The van der Waals surface area contributed by atoms with Crippen molar-refractivity contribution < 1.29 is 8.42 Å². The summed E-state index contributed by atoms with van der Waals surface area (Å²) in [7, 11) is -3.51. The highest BCUT2D eigenvalue weighted by atomic mass is 32.2. The summed E-state index contributed by atoms with van der Waals surface area (Å²) in [6, 6.07) is 6.58. The van der Waals surface area contributed by atoms with Gasteiger partial charge in [0.15, 0.2) is 0 Å². The number of nitrogens with one attached hydrogen (secondary N) is 2. The van der Waals surface area contributed by atoms with Crippen molar-refractivity contribution in [1.82, 2.24) is 4.72 Å². The van der Waals surface area contributed by atoms with E-state index in [1.54, 1.807) is 30.0 Å². The molecule has 0 heterocycles. The van der Waals surface area contributed by atoms with Crippen LogP contribution in [0.2, 0.25) is 0 Å². The quantitative estimate of drug-likeness (QED) is 0.540. The number of nitrogens with two attached hydrogens (primary N) is 1. The first-order chi connectivity index (χ1) is 8.53. The molecule has 0 amide bonds. The molecule has 4 N–H and O–H groups in total. The molecule has 1 aromatic carbocycles. The van der Waals surface area contributed by atoms with Crippen molar-refractivity contribution in [2.75, 3.05) is 18.2 Å². The summed E-state index contributed by atoms with van der Waals surface area (Å²) in [6.45, 7) is 0.468. The van der Waals surface area contributed by atoms with Crippen LogP contribution >= 0.6 is 11.8 Å². The van der Waals surface area contributed by atoms with E-state index in [9.17, 15) is 8.42 Å². The molecular weight excluding hydrogens is 270 g/mol. The Bertz CT molecular complexity index is 527. The monoisotopic (exact) mass is 287 g/mol. The number of thioether (sulfide) groups is 1. The number of sulfonamides is 1. The van der Waals surface area contributed by atoms with E-state index < -0.39 is 10.0 Å². The standard InChI is InChI=1S/C11H17N3O2S2/c1-17-11(6-7-11)8-13-18(15,16)10-5-3-2-4-9(10)14-12/h2-5,13-14H,6-8,12H2,1H3. The lowest BCUT2D eigenvalue weighted by Crippen LogP contribution is -2.32. The van der Waals surface area contributed by atoms with Crippen LogP contribution in [0.5, 0.6) is 0 Å². The maximum atomic E-state index is 12.2. The van der Waals surface area contributed by atoms with Crippen LogP contribution in [0.4, 0.5) is 5.69 Å². The first-order valence-electron chi connectivity index (χ1n) is 5.63. The van der Waals surface area contributed by atoms with Gasteiger partial charge in [-0.25, -0.2) is 13.1 Å². The van der Waals surface area contributed by atoms with Gasteiger partial charge in [0.25, 0.3) is 0 Å². The topological polar surface area (TPSA) is 84.2 Å². The number of hydrogen-bond donors (Lipinski definition) is 3. The Morgan fingerprint density at radius 3 is 2.61 bits per heavy atom. The van der Waals surface area contributed by atoms with E-state index in [-0.39, 0.29) is 9.64 Å². The zero-order chi connectivity index (χ0) is 13.2. The number of benzene rings is 1. The lowest BCUT2D eigenvalue weighted by Gasteiger charge is -2.15. The first-order valence-corrected chi connectivity index (χ1v) is 8.34. The second kappa shape index (κ2) is 5.08. The molecule has 0 atom stereocenters. The fourth-order valence-corrected chi connectivity index (χ4v) is 3.83. The predicted molar refractivity (Wildman–Crippen MR) is 74.9 cm³/mol. The Labute approximate surface area is 112 Å². The average molecular weight is 287 g/mol. The molecule has 0 aliphatic heterocycles. The summed E-state index contributed by atoms with van der Waals surface area (Å²) in [4.78, 5) is 0.185. The van der Waals surface area contributed by atoms with E-state index >= 15 is 0 Å². The second-order valence-corrected chi connectivity index (χ2v) is 7.36. The van der Waals surface area contributed by atoms with E-state index in [1.165, 1.54) is 6.07 Å². The second-order valence-electron chi connectivity index (χ2n) is 4.35. The van der Waals surface area contributed by atoms with E-state index in [0.717, 1.165) is 12.8 Å². The number of nitrogen functional groups attached to an aromatic ring is 1. The largest absolute Gasteiger partial charge is 0.323 e. The van der Waals surface area contributed by atoms with Crippen LogP contribution in [-0.2, 0) is 10.0 Å². The van der Waals surface area contributed by atoms with Gasteiger partial charge in [0.2, 0.25) is 10.0 Å². The highest BCUT2D eigenvalue weighted by molar-refractivity contribution is 8.00. The Hall–Kier alpha value is -0.760. The molecule has 100 valence electrons. The van der Waals surface area contributed by atoms with E-state index in [0.29, 0.717) is 12.2 Å². The SMILES string of the molecule is CSC1(CNS(=O)(=O)c2ccccc2NN)CC1. The highest BCUT2D eigenvalue weighted by Gasteiger charge is 2.42. The highest BCUT2D eigenvalue weighted by Crippen LogP contribution is 2.46. The van der Waals surface area contributed by atoms with Gasteiger partial charge in [-0.3, -0.25) is 5.84 Å². The molecule has 0 unspecified atom stereocenters. The Morgan fingerprint density at radius 1 is 1.39 bits per heavy atom. The van der Waals surface area contributed by atoms with Crippen molar-refractivity contribution in [3.8, 4) is 0 Å². The van der Waals surface area contributed by atoms with E-state index in [2.05, 4.69) is 10.1 Å². The van der Waals surface area contributed by atoms with E-state index in [4.69, 9.17) is 5.84 Å². The number of hydrogen-bond acceptors (Lipinski definition) is 5. The minimum atomic E-state index is -3.51. The molecule has 7 heteroatoms. The molecule has 1 fully saturated rings. The Kier molecular flexibility index (Phi) is 3.86. The molecule has 1 aromatic rings. The van der Waals surface area contributed by atoms with Crippen LogP contribution in [-0.4, -0.2) is 26.0 Å². The maximum Gasteiger partial charge on any atom is 0.242 e. The molecule has 0 radical (unpaired) electrons. The van der Waals surface area contributed by atoms with Crippen LogP contribution in [0, 0.1) is 0 Å². The molecule has 0 aromatic heterocycles. The van der Waals surface area contributed by atoms with Crippen molar-refractivity contribution in [2.45, 2.75) is 22.5 Å². The van der Waals surface area contributed by atoms with Crippen LogP contribution < -0.4 is 16.0 Å². The number of para-hydroxylation sites is 1. The van der Waals surface area contributed by atoms with Gasteiger partial charge in [-0.15, -0.1) is 0 Å². The van der Waals surface area contributed by atoms with Crippen molar-refractivity contribution >= 4 is 27.5 Å². The molecule has 5 nitrogen and oxygen atoms in total. The average Bonchev–Trinajstić information content (AvgIpc) is 3.17. The van der Waals surface area contributed by atoms with Crippen molar-refractivity contribution in [2.24, 2.45) is 5.84 Å².